The summed E-state index contributed by atoms with van der Waals surface area (Å²) in [6, 6.07) is 6.43. The molecule has 1 aliphatic heterocycles. The third-order valence-corrected chi connectivity index (χ3v) is 8.33. The van der Waals surface area contributed by atoms with E-state index in [-0.39, 0.29) is 16.6 Å². The summed E-state index contributed by atoms with van der Waals surface area (Å²) in [6.45, 7) is 9.07. The van der Waals surface area contributed by atoms with Gasteiger partial charge < -0.3 is 14.6 Å². The summed E-state index contributed by atoms with van der Waals surface area (Å²) in [5.41, 5.74) is 2.82. The van der Waals surface area contributed by atoms with Crippen LogP contribution in [0, 0.1) is 6.92 Å². The van der Waals surface area contributed by atoms with Gasteiger partial charge in [-0.1, -0.05) is 20.3 Å². The Morgan fingerprint density at radius 2 is 1.89 bits per heavy atom. The average molecular weight is 500 g/mol. The SMILES string of the molecule is CCOc1ccc(NC(=O)c2cc(C)nc3c2nc2n3CCCCC2)cc1S(=O)(=O)N(CC)CC. The second-order valence-corrected chi connectivity index (χ2v) is 10.5. The van der Waals surface area contributed by atoms with Gasteiger partial charge in [-0.25, -0.2) is 18.4 Å². The molecule has 188 valence electrons. The summed E-state index contributed by atoms with van der Waals surface area (Å²) in [5, 5.41) is 2.87. The zero-order valence-electron chi connectivity index (χ0n) is 20.8. The van der Waals surface area contributed by atoms with Gasteiger partial charge in [-0.05, 0) is 51.0 Å². The van der Waals surface area contributed by atoms with E-state index in [1.54, 1.807) is 39.0 Å². The molecule has 1 aliphatic rings. The smallest absolute Gasteiger partial charge is 0.258 e. The maximum Gasteiger partial charge on any atom is 0.258 e. The molecule has 0 saturated heterocycles. The van der Waals surface area contributed by atoms with E-state index >= 15 is 0 Å². The van der Waals surface area contributed by atoms with Gasteiger partial charge in [-0.2, -0.15) is 4.31 Å². The Kier molecular flexibility index (Phi) is 7.42. The minimum atomic E-state index is -3.79. The maximum atomic E-state index is 13.4. The van der Waals surface area contributed by atoms with Crippen LogP contribution in [-0.4, -0.2) is 52.9 Å². The molecule has 1 amide bonds. The number of hydrogen-bond acceptors (Lipinski definition) is 6. The van der Waals surface area contributed by atoms with Crippen LogP contribution in [0.1, 0.15) is 61.9 Å². The van der Waals surface area contributed by atoms with Gasteiger partial charge in [0.05, 0.1) is 12.2 Å². The second kappa shape index (κ2) is 10.3. The molecule has 10 heteroatoms. The summed E-state index contributed by atoms with van der Waals surface area (Å²) in [4.78, 5) is 22.9. The summed E-state index contributed by atoms with van der Waals surface area (Å²) in [6.07, 6.45) is 4.15. The van der Waals surface area contributed by atoms with E-state index in [9.17, 15) is 13.2 Å². The van der Waals surface area contributed by atoms with Crippen LogP contribution in [0.5, 0.6) is 5.75 Å². The number of sulfonamides is 1. The van der Waals surface area contributed by atoms with Crippen molar-refractivity contribution in [2.45, 2.75) is 64.8 Å². The van der Waals surface area contributed by atoms with Crippen LogP contribution in [-0.2, 0) is 23.0 Å². The Labute approximate surface area is 206 Å². The molecular weight excluding hydrogens is 466 g/mol. The highest BCUT2D eigenvalue weighted by molar-refractivity contribution is 7.89. The molecule has 35 heavy (non-hydrogen) atoms. The Balaban J connectivity index is 1.73. The molecule has 1 aromatic carbocycles. The number of anilines is 1. The number of imidazole rings is 1. The first-order chi connectivity index (χ1) is 16.8. The first-order valence-corrected chi connectivity index (χ1v) is 13.7. The number of aromatic nitrogens is 3. The largest absolute Gasteiger partial charge is 0.492 e. The molecule has 3 heterocycles. The number of ether oxygens (including phenoxy) is 1. The lowest BCUT2D eigenvalue weighted by Gasteiger charge is -2.21. The first kappa shape index (κ1) is 25.1. The standard InChI is InChI=1S/C25H33N5O4S/c1-5-29(6-2)35(32,33)21-16-18(12-13-20(21)34-7-3)27-25(31)19-15-17(4)26-24-23(19)28-22-11-9-8-10-14-30(22)24/h12-13,15-16H,5-11,14H2,1-4H3,(H,27,31). The van der Waals surface area contributed by atoms with Crippen molar-refractivity contribution in [3.63, 3.8) is 0 Å². The average Bonchev–Trinajstić information content (AvgIpc) is 3.00. The number of hydrogen-bond donors (Lipinski definition) is 1. The second-order valence-electron chi connectivity index (χ2n) is 8.61. The van der Waals surface area contributed by atoms with Crippen LogP contribution < -0.4 is 10.1 Å². The first-order valence-electron chi connectivity index (χ1n) is 12.2. The van der Waals surface area contributed by atoms with E-state index in [0.717, 1.165) is 49.4 Å². The maximum absolute atomic E-state index is 13.4. The fraction of sp³-hybridized carbons (Fsp3) is 0.480. The van der Waals surface area contributed by atoms with E-state index in [1.807, 2.05) is 6.92 Å². The predicted octanol–water partition coefficient (Wildman–Crippen LogP) is 4.15. The summed E-state index contributed by atoms with van der Waals surface area (Å²) < 4.78 is 35.6. The summed E-state index contributed by atoms with van der Waals surface area (Å²) in [7, 11) is -3.79. The van der Waals surface area contributed by atoms with Gasteiger partial charge >= 0.3 is 0 Å². The van der Waals surface area contributed by atoms with Gasteiger partial charge in [0.15, 0.2) is 5.65 Å². The van der Waals surface area contributed by atoms with Gasteiger partial charge in [-0.15, -0.1) is 0 Å². The number of amides is 1. The number of nitrogens with zero attached hydrogens (tertiary/aromatic N) is 4. The highest BCUT2D eigenvalue weighted by Gasteiger charge is 2.27. The Morgan fingerprint density at radius 3 is 2.60 bits per heavy atom. The van der Waals surface area contributed by atoms with Crippen molar-refractivity contribution in [1.29, 1.82) is 0 Å². The van der Waals surface area contributed by atoms with Crippen molar-refractivity contribution >= 4 is 32.8 Å². The molecule has 2 aromatic heterocycles. The summed E-state index contributed by atoms with van der Waals surface area (Å²) in [5.74, 6) is 0.861. The quantitative estimate of drug-likeness (QED) is 0.499. The number of fused-ring (bicyclic) bond motifs is 3. The Morgan fingerprint density at radius 1 is 1.11 bits per heavy atom. The summed E-state index contributed by atoms with van der Waals surface area (Å²) >= 11 is 0. The monoisotopic (exact) mass is 499 g/mol. The van der Waals surface area contributed by atoms with Crippen LogP contribution in [0.2, 0.25) is 0 Å². The molecule has 0 bridgehead atoms. The van der Waals surface area contributed by atoms with Crippen molar-refractivity contribution in [2.24, 2.45) is 0 Å². The van der Waals surface area contributed by atoms with Crippen molar-refractivity contribution in [3.8, 4) is 5.75 Å². The molecule has 9 nitrogen and oxygen atoms in total. The van der Waals surface area contributed by atoms with Gasteiger partial charge in [0.1, 0.15) is 22.0 Å². The highest BCUT2D eigenvalue weighted by atomic mass is 32.2. The van der Waals surface area contributed by atoms with E-state index in [2.05, 4.69) is 14.9 Å². The molecule has 0 unspecified atom stereocenters. The van der Waals surface area contributed by atoms with E-state index in [0.29, 0.717) is 36.5 Å². The number of carbonyl (C=O) groups is 1. The number of rotatable bonds is 8. The molecule has 0 aliphatic carbocycles. The number of pyridine rings is 1. The molecule has 0 atom stereocenters. The van der Waals surface area contributed by atoms with Crippen molar-refractivity contribution in [2.75, 3.05) is 25.0 Å². The van der Waals surface area contributed by atoms with Crippen LogP contribution in [0.25, 0.3) is 11.2 Å². The van der Waals surface area contributed by atoms with Gasteiger partial charge in [0, 0.05) is 37.4 Å². The van der Waals surface area contributed by atoms with E-state index < -0.39 is 10.0 Å². The lowest BCUT2D eigenvalue weighted by molar-refractivity contribution is 0.102. The minimum absolute atomic E-state index is 0.0330. The molecule has 4 rings (SSSR count). The third-order valence-electron chi connectivity index (χ3n) is 6.26. The minimum Gasteiger partial charge on any atom is -0.492 e. The van der Waals surface area contributed by atoms with E-state index in [4.69, 9.17) is 9.72 Å². The van der Waals surface area contributed by atoms with E-state index in [1.165, 1.54) is 10.4 Å². The van der Waals surface area contributed by atoms with Crippen LogP contribution in [0.15, 0.2) is 29.2 Å². The van der Waals surface area contributed by atoms with Crippen LogP contribution >= 0.6 is 0 Å². The molecule has 3 aromatic rings. The highest BCUT2D eigenvalue weighted by Crippen LogP contribution is 2.31. The number of aryl methyl sites for hydroxylation is 3. The fourth-order valence-electron chi connectivity index (χ4n) is 4.55. The van der Waals surface area contributed by atoms with Gasteiger partial charge in [0.25, 0.3) is 5.91 Å². The fourth-order valence-corrected chi connectivity index (χ4v) is 6.17. The topological polar surface area (TPSA) is 106 Å². The van der Waals surface area contributed by atoms with Crippen molar-refractivity contribution in [1.82, 2.24) is 18.8 Å². The van der Waals surface area contributed by atoms with Crippen LogP contribution in [0.4, 0.5) is 5.69 Å². The van der Waals surface area contributed by atoms with Gasteiger partial charge in [-0.3, -0.25) is 4.79 Å². The van der Waals surface area contributed by atoms with Crippen molar-refractivity contribution < 1.29 is 17.9 Å². The zero-order chi connectivity index (χ0) is 25.2. The van der Waals surface area contributed by atoms with Crippen molar-refractivity contribution in [3.05, 3.63) is 41.3 Å². The third kappa shape index (κ3) is 4.90. The normalized spacial score (nSPS) is 14.1. The molecule has 0 saturated carbocycles. The number of carbonyl (C=O) groups excluding carboxylic acids is 1. The van der Waals surface area contributed by atoms with Crippen LogP contribution in [0.3, 0.4) is 0 Å². The number of benzene rings is 1. The Bertz CT molecular complexity index is 1350. The molecule has 0 radical (unpaired) electrons. The molecule has 1 N–H and O–H groups in total. The molecule has 0 spiro atoms. The predicted molar refractivity (Wildman–Crippen MR) is 135 cm³/mol. The molecular formula is C25H33N5O4S. The zero-order valence-corrected chi connectivity index (χ0v) is 21.6. The number of nitrogens with one attached hydrogen (secondary N) is 1. The lowest BCUT2D eigenvalue weighted by atomic mass is 10.1. The lowest BCUT2D eigenvalue weighted by Crippen LogP contribution is -2.31. The molecule has 0 fully saturated rings. The Hall–Kier alpha value is -2.98. The van der Waals surface area contributed by atoms with Gasteiger partial charge in [0.2, 0.25) is 10.0 Å².